The first kappa shape index (κ1) is 15.1. The Kier molecular flexibility index (Phi) is 5.35. The maximum Gasteiger partial charge on any atom is 0.247 e. The quantitative estimate of drug-likeness (QED) is 0.830. The van der Waals surface area contributed by atoms with Gasteiger partial charge in [-0.1, -0.05) is 42.5 Å². The molecule has 0 aliphatic rings. The number of hydroxylamine groups is 1. The molecule has 0 heterocycles. The summed E-state index contributed by atoms with van der Waals surface area (Å²) in [7, 11) is 1.62. The van der Waals surface area contributed by atoms with Crippen molar-refractivity contribution in [1.82, 2.24) is 5.48 Å². The molecule has 0 atom stereocenters. The zero-order valence-electron chi connectivity index (χ0n) is 12.3. The van der Waals surface area contributed by atoms with Crippen LogP contribution in [0.3, 0.4) is 0 Å². The van der Waals surface area contributed by atoms with Gasteiger partial charge in [0.1, 0.15) is 5.75 Å². The number of methoxy groups -OCH3 is 1. The van der Waals surface area contributed by atoms with Crippen molar-refractivity contribution in [2.75, 3.05) is 7.11 Å². The van der Waals surface area contributed by atoms with E-state index in [9.17, 15) is 4.79 Å². The highest BCUT2D eigenvalue weighted by Crippen LogP contribution is 2.19. The summed E-state index contributed by atoms with van der Waals surface area (Å²) >= 11 is 0. The van der Waals surface area contributed by atoms with Crippen LogP contribution in [0.1, 0.15) is 16.7 Å². The van der Waals surface area contributed by atoms with Crippen LogP contribution < -0.4 is 10.2 Å². The first-order chi connectivity index (χ1) is 10.2. The van der Waals surface area contributed by atoms with Crippen LogP contribution in [-0.4, -0.2) is 13.0 Å². The summed E-state index contributed by atoms with van der Waals surface area (Å²) in [5, 5.41) is 0. The SMILES string of the molecule is COc1cc(CC(=O)NOCc2ccccc2)ccc1C. The molecule has 0 saturated carbocycles. The monoisotopic (exact) mass is 285 g/mol. The molecule has 4 heteroatoms. The molecule has 1 N–H and O–H groups in total. The number of nitrogens with one attached hydrogen (secondary N) is 1. The second kappa shape index (κ2) is 7.45. The second-order valence-electron chi connectivity index (χ2n) is 4.78. The molecule has 0 fully saturated rings. The van der Waals surface area contributed by atoms with Gasteiger partial charge in [0.2, 0.25) is 5.91 Å². The number of aryl methyl sites for hydroxylation is 1. The van der Waals surface area contributed by atoms with E-state index in [1.165, 1.54) is 0 Å². The van der Waals surface area contributed by atoms with Gasteiger partial charge in [0.15, 0.2) is 0 Å². The third-order valence-corrected chi connectivity index (χ3v) is 3.10. The average Bonchev–Trinajstić information content (AvgIpc) is 2.50. The molecule has 0 radical (unpaired) electrons. The third kappa shape index (κ3) is 4.61. The van der Waals surface area contributed by atoms with Crippen molar-refractivity contribution < 1.29 is 14.4 Å². The highest BCUT2D eigenvalue weighted by molar-refractivity contribution is 5.77. The van der Waals surface area contributed by atoms with E-state index in [1.54, 1.807) is 7.11 Å². The van der Waals surface area contributed by atoms with Gasteiger partial charge in [-0.15, -0.1) is 0 Å². The summed E-state index contributed by atoms with van der Waals surface area (Å²) in [6, 6.07) is 15.4. The van der Waals surface area contributed by atoms with Gasteiger partial charge < -0.3 is 4.74 Å². The minimum atomic E-state index is -0.183. The van der Waals surface area contributed by atoms with Crippen LogP contribution in [0.2, 0.25) is 0 Å². The Morgan fingerprint density at radius 3 is 2.57 bits per heavy atom. The van der Waals surface area contributed by atoms with Crippen LogP contribution in [-0.2, 0) is 22.7 Å². The average molecular weight is 285 g/mol. The van der Waals surface area contributed by atoms with Gasteiger partial charge in [-0.25, -0.2) is 5.48 Å². The van der Waals surface area contributed by atoms with Crippen molar-refractivity contribution in [2.45, 2.75) is 20.0 Å². The predicted molar refractivity (Wildman–Crippen MR) is 80.8 cm³/mol. The van der Waals surface area contributed by atoms with Crippen molar-refractivity contribution in [1.29, 1.82) is 0 Å². The van der Waals surface area contributed by atoms with Crippen molar-refractivity contribution >= 4 is 5.91 Å². The maximum absolute atomic E-state index is 11.8. The lowest BCUT2D eigenvalue weighted by atomic mass is 10.1. The molecule has 2 aromatic carbocycles. The molecule has 0 aliphatic carbocycles. The van der Waals surface area contributed by atoms with Crippen LogP contribution in [0, 0.1) is 6.92 Å². The van der Waals surface area contributed by atoms with Crippen molar-refractivity contribution in [3.8, 4) is 5.75 Å². The molecule has 2 rings (SSSR count). The first-order valence-electron chi connectivity index (χ1n) is 6.77. The van der Waals surface area contributed by atoms with E-state index in [1.807, 2.05) is 55.5 Å². The Hall–Kier alpha value is -2.33. The molecule has 0 aromatic heterocycles. The van der Waals surface area contributed by atoms with E-state index in [-0.39, 0.29) is 12.3 Å². The van der Waals surface area contributed by atoms with Crippen molar-refractivity contribution in [3.05, 3.63) is 65.2 Å². The molecule has 2 aromatic rings. The molecule has 0 aliphatic heterocycles. The summed E-state index contributed by atoms with van der Waals surface area (Å²) in [4.78, 5) is 17.0. The number of hydrogen-bond acceptors (Lipinski definition) is 3. The normalized spacial score (nSPS) is 10.2. The number of carbonyl (C=O) groups excluding carboxylic acids is 1. The second-order valence-corrected chi connectivity index (χ2v) is 4.78. The fourth-order valence-electron chi connectivity index (χ4n) is 1.97. The highest BCUT2D eigenvalue weighted by atomic mass is 16.6. The molecule has 1 amide bonds. The standard InChI is InChI=1S/C17H19NO3/c1-13-8-9-15(10-16(13)20-2)11-17(19)18-21-12-14-6-4-3-5-7-14/h3-10H,11-12H2,1-2H3,(H,18,19). The number of amides is 1. The summed E-state index contributed by atoms with van der Waals surface area (Å²) in [6.45, 7) is 2.31. The smallest absolute Gasteiger partial charge is 0.247 e. The summed E-state index contributed by atoms with van der Waals surface area (Å²) in [5.41, 5.74) is 5.39. The van der Waals surface area contributed by atoms with Crippen LogP contribution in [0.5, 0.6) is 5.75 Å². The van der Waals surface area contributed by atoms with E-state index in [0.717, 1.165) is 22.4 Å². The zero-order chi connectivity index (χ0) is 15.1. The molecule has 0 bridgehead atoms. The van der Waals surface area contributed by atoms with Crippen molar-refractivity contribution in [2.24, 2.45) is 0 Å². The van der Waals surface area contributed by atoms with Crippen LogP contribution in [0.4, 0.5) is 0 Å². The largest absolute Gasteiger partial charge is 0.496 e. The van der Waals surface area contributed by atoms with E-state index in [4.69, 9.17) is 9.57 Å². The molecular weight excluding hydrogens is 266 g/mol. The lowest BCUT2D eigenvalue weighted by Gasteiger charge is -2.08. The molecule has 0 saturated heterocycles. The number of hydrogen-bond donors (Lipinski definition) is 1. The Balaban J connectivity index is 1.82. The van der Waals surface area contributed by atoms with Crippen LogP contribution in [0.15, 0.2) is 48.5 Å². The van der Waals surface area contributed by atoms with E-state index < -0.39 is 0 Å². The lowest BCUT2D eigenvalue weighted by Crippen LogP contribution is -2.25. The fraction of sp³-hybridized carbons (Fsp3) is 0.235. The molecule has 4 nitrogen and oxygen atoms in total. The molecule has 110 valence electrons. The van der Waals surface area contributed by atoms with Gasteiger partial charge in [-0.3, -0.25) is 9.63 Å². The number of carbonyl (C=O) groups is 1. The number of rotatable bonds is 6. The van der Waals surface area contributed by atoms with Crippen molar-refractivity contribution in [3.63, 3.8) is 0 Å². The van der Waals surface area contributed by atoms with Gasteiger partial charge in [-0.05, 0) is 29.7 Å². The summed E-state index contributed by atoms with van der Waals surface area (Å²) < 4.78 is 5.24. The van der Waals surface area contributed by atoms with Crippen LogP contribution >= 0.6 is 0 Å². The van der Waals surface area contributed by atoms with Gasteiger partial charge in [0.25, 0.3) is 0 Å². The predicted octanol–water partition coefficient (Wildman–Crippen LogP) is 2.79. The Labute approximate surface area is 124 Å². The zero-order valence-corrected chi connectivity index (χ0v) is 12.3. The lowest BCUT2D eigenvalue weighted by molar-refractivity contribution is -0.133. The summed E-state index contributed by atoms with van der Waals surface area (Å²) in [5.74, 6) is 0.599. The third-order valence-electron chi connectivity index (χ3n) is 3.10. The summed E-state index contributed by atoms with van der Waals surface area (Å²) in [6.07, 6.45) is 0.255. The molecule has 21 heavy (non-hydrogen) atoms. The van der Waals surface area contributed by atoms with Gasteiger partial charge in [0, 0.05) is 0 Å². The minimum absolute atomic E-state index is 0.183. The minimum Gasteiger partial charge on any atom is -0.496 e. The molecule has 0 spiro atoms. The number of ether oxygens (including phenoxy) is 1. The Bertz CT molecular complexity index is 596. The van der Waals surface area contributed by atoms with E-state index in [0.29, 0.717) is 6.61 Å². The first-order valence-corrected chi connectivity index (χ1v) is 6.77. The Morgan fingerprint density at radius 2 is 1.86 bits per heavy atom. The maximum atomic E-state index is 11.8. The Morgan fingerprint density at radius 1 is 1.10 bits per heavy atom. The van der Waals surface area contributed by atoms with Crippen LogP contribution in [0.25, 0.3) is 0 Å². The van der Waals surface area contributed by atoms with Gasteiger partial charge in [0.05, 0.1) is 20.1 Å². The van der Waals surface area contributed by atoms with Gasteiger partial charge in [-0.2, -0.15) is 0 Å². The van der Waals surface area contributed by atoms with E-state index >= 15 is 0 Å². The highest BCUT2D eigenvalue weighted by Gasteiger charge is 2.06. The van der Waals surface area contributed by atoms with Gasteiger partial charge >= 0.3 is 0 Å². The fourth-order valence-corrected chi connectivity index (χ4v) is 1.97. The van der Waals surface area contributed by atoms with E-state index in [2.05, 4.69) is 5.48 Å². The molecule has 0 unspecified atom stereocenters. The number of benzene rings is 2. The molecular formula is C17H19NO3. The topological polar surface area (TPSA) is 47.6 Å².